The highest BCUT2D eigenvalue weighted by atomic mass is 16.2. The molecule has 3 heteroatoms. The van der Waals surface area contributed by atoms with Crippen LogP contribution >= 0.6 is 0 Å². The van der Waals surface area contributed by atoms with Gasteiger partial charge in [0.2, 0.25) is 0 Å². The first kappa shape index (κ1) is 6.34. The van der Waals surface area contributed by atoms with Crippen LogP contribution in [0.25, 0.3) is 0 Å². The Hall–Kier alpha value is -1.38. The van der Waals surface area contributed by atoms with Crippen LogP contribution in [-0.4, -0.2) is 13.0 Å². The fraction of sp³-hybridized carbons (Fsp3) is 0.250. The molecule has 0 N–H and O–H groups in total. The van der Waals surface area contributed by atoms with Gasteiger partial charge >= 0.3 is 5.91 Å². The van der Waals surface area contributed by atoms with Gasteiger partial charge in [0.15, 0.2) is 6.54 Å². The number of aromatic nitrogens is 1. The van der Waals surface area contributed by atoms with Crippen molar-refractivity contribution in [3.05, 3.63) is 24.4 Å². The van der Waals surface area contributed by atoms with E-state index in [2.05, 4.69) is 0 Å². The molecule has 0 fully saturated rings. The maximum atomic E-state index is 11.1. The van der Waals surface area contributed by atoms with Crippen LogP contribution in [0.3, 0.4) is 0 Å². The Morgan fingerprint density at radius 2 is 2.36 bits per heavy atom. The molecule has 0 radical (unpaired) electrons. The lowest BCUT2D eigenvalue weighted by Crippen LogP contribution is -2.30. The van der Waals surface area contributed by atoms with E-state index >= 15 is 0 Å². The molecule has 2 heterocycles. The Balaban J connectivity index is 2.55. The number of pyridine rings is 1. The fourth-order valence-electron chi connectivity index (χ4n) is 1.29. The number of nitrogens with zero attached hydrogens (tertiary/aromatic N) is 2. The number of amides is 1. The molecule has 1 aliphatic rings. The van der Waals surface area contributed by atoms with Crippen LogP contribution in [0.1, 0.15) is 0 Å². The van der Waals surface area contributed by atoms with E-state index in [1.54, 1.807) is 11.9 Å². The zero-order chi connectivity index (χ0) is 7.84. The molecular weight excluding hydrogens is 140 g/mol. The number of anilines is 1. The van der Waals surface area contributed by atoms with Crippen molar-refractivity contribution in [2.24, 2.45) is 0 Å². The van der Waals surface area contributed by atoms with Crippen molar-refractivity contribution in [3.8, 4) is 0 Å². The van der Waals surface area contributed by atoms with E-state index in [1.807, 2.05) is 29.0 Å². The van der Waals surface area contributed by atoms with Gasteiger partial charge in [0.1, 0.15) is 0 Å². The Bertz CT molecular complexity index is 309. The first-order chi connectivity index (χ1) is 5.29. The van der Waals surface area contributed by atoms with Crippen molar-refractivity contribution in [2.75, 3.05) is 11.9 Å². The largest absolute Gasteiger partial charge is 0.351 e. The summed E-state index contributed by atoms with van der Waals surface area (Å²) in [7, 11) is 1.79. The minimum absolute atomic E-state index is 0.149. The third-order valence-electron chi connectivity index (χ3n) is 1.94. The summed E-state index contributed by atoms with van der Waals surface area (Å²) in [4.78, 5) is 12.8. The first-order valence-electron chi connectivity index (χ1n) is 3.54. The summed E-state index contributed by atoms with van der Waals surface area (Å²) in [5.41, 5.74) is 0. The van der Waals surface area contributed by atoms with Crippen LogP contribution in [0.4, 0.5) is 5.82 Å². The van der Waals surface area contributed by atoms with Gasteiger partial charge in [-0.1, -0.05) is 6.07 Å². The molecule has 56 valence electrons. The molecule has 0 aromatic carbocycles. The van der Waals surface area contributed by atoms with Crippen LogP contribution in [0, 0.1) is 0 Å². The van der Waals surface area contributed by atoms with E-state index in [4.69, 9.17) is 0 Å². The van der Waals surface area contributed by atoms with Gasteiger partial charge in [0, 0.05) is 6.07 Å². The molecule has 1 aromatic rings. The van der Waals surface area contributed by atoms with Crippen molar-refractivity contribution in [1.82, 2.24) is 0 Å². The molecule has 0 saturated carbocycles. The standard InChI is InChI=1S/C8H9N2O/c1-9-7-4-2-3-5-10(7)6-8(9)11/h2-5H,6H2,1H3/q+1. The summed E-state index contributed by atoms with van der Waals surface area (Å²) >= 11 is 0. The zero-order valence-electron chi connectivity index (χ0n) is 6.32. The average molecular weight is 149 g/mol. The summed E-state index contributed by atoms with van der Waals surface area (Å²) < 4.78 is 1.93. The van der Waals surface area contributed by atoms with Gasteiger partial charge in [0.25, 0.3) is 5.82 Å². The van der Waals surface area contributed by atoms with Crippen LogP contribution in [0.5, 0.6) is 0 Å². The molecule has 2 rings (SSSR count). The number of hydrogen-bond donors (Lipinski definition) is 0. The molecular formula is C8H9N2O+. The van der Waals surface area contributed by atoms with E-state index < -0.39 is 0 Å². The molecule has 3 nitrogen and oxygen atoms in total. The summed E-state index contributed by atoms with van der Waals surface area (Å²) in [5, 5.41) is 0. The molecule has 0 aliphatic carbocycles. The van der Waals surface area contributed by atoms with Gasteiger partial charge < -0.3 is 0 Å². The van der Waals surface area contributed by atoms with Gasteiger partial charge in [-0.25, -0.2) is 9.36 Å². The molecule has 11 heavy (non-hydrogen) atoms. The van der Waals surface area contributed by atoms with Crippen molar-refractivity contribution in [2.45, 2.75) is 6.54 Å². The number of likely N-dealkylation sites (N-methyl/N-ethyl adjacent to an activating group) is 1. The summed E-state index contributed by atoms with van der Waals surface area (Å²) in [5.74, 6) is 1.12. The predicted molar refractivity (Wildman–Crippen MR) is 40.0 cm³/mol. The van der Waals surface area contributed by atoms with E-state index in [0.717, 1.165) is 5.82 Å². The third kappa shape index (κ3) is 0.808. The van der Waals surface area contributed by atoms with Gasteiger partial charge in [-0.3, -0.25) is 0 Å². The normalized spacial score (nSPS) is 15.4. The van der Waals surface area contributed by atoms with Crippen molar-refractivity contribution in [1.29, 1.82) is 0 Å². The predicted octanol–water partition coefficient (Wildman–Crippen LogP) is -0.0495. The van der Waals surface area contributed by atoms with Crippen molar-refractivity contribution >= 4 is 11.7 Å². The lowest BCUT2D eigenvalue weighted by Gasteiger charge is -1.97. The molecule has 1 aliphatic heterocycles. The van der Waals surface area contributed by atoms with Gasteiger partial charge in [0.05, 0.1) is 13.2 Å². The molecule has 0 unspecified atom stereocenters. The Kier molecular flexibility index (Phi) is 1.18. The SMILES string of the molecule is CN1C(=O)C[n+]2ccccc21. The second-order valence-electron chi connectivity index (χ2n) is 2.64. The lowest BCUT2D eigenvalue weighted by atomic mass is 10.4. The highest BCUT2D eigenvalue weighted by molar-refractivity contribution is 5.92. The molecule has 1 amide bonds. The smallest absolute Gasteiger partial charge is 0.242 e. The molecule has 0 saturated heterocycles. The van der Waals surface area contributed by atoms with Crippen molar-refractivity contribution in [3.63, 3.8) is 0 Å². The van der Waals surface area contributed by atoms with Crippen LogP contribution in [0.2, 0.25) is 0 Å². The molecule has 1 aromatic heterocycles. The second kappa shape index (κ2) is 2.05. The molecule has 0 atom stereocenters. The minimum atomic E-state index is 0.149. The Morgan fingerprint density at radius 3 is 3.09 bits per heavy atom. The van der Waals surface area contributed by atoms with Gasteiger partial charge in [-0.15, -0.1) is 0 Å². The van der Waals surface area contributed by atoms with Crippen LogP contribution in [-0.2, 0) is 11.3 Å². The van der Waals surface area contributed by atoms with Gasteiger partial charge in [-0.05, 0) is 6.07 Å². The van der Waals surface area contributed by atoms with Gasteiger partial charge in [-0.2, -0.15) is 4.90 Å². The molecule has 0 spiro atoms. The minimum Gasteiger partial charge on any atom is -0.242 e. The highest BCUT2D eigenvalue weighted by Gasteiger charge is 2.31. The van der Waals surface area contributed by atoms with E-state index in [0.29, 0.717) is 6.54 Å². The Morgan fingerprint density at radius 1 is 1.55 bits per heavy atom. The summed E-state index contributed by atoms with van der Waals surface area (Å²) in [6.07, 6.45) is 1.91. The van der Waals surface area contributed by atoms with Crippen LogP contribution < -0.4 is 9.47 Å². The number of rotatable bonds is 0. The van der Waals surface area contributed by atoms with E-state index in [-0.39, 0.29) is 5.91 Å². The quantitative estimate of drug-likeness (QED) is 0.474. The van der Waals surface area contributed by atoms with Crippen LogP contribution in [0.15, 0.2) is 24.4 Å². The maximum Gasteiger partial charge on any atom is 0.351 e. The highest BCUT2D eigenvalue weighted by Crippen LogP contribution is 2.10. The zero-order valence-corrected chi connectivity index (χ0v) is 6.32. The third-order valence-corrected chi connectivity index (χ3v) is 1.94. The average Bonchev–Trinajstić information content (AvgIpc) is 2.30. The maximum absolute atomic E-state index is 11.1. The van der Waals surface area contributed by atoms with Crippen molar-refractivity contribution < 1.29 is 9.36 Å². The van der Waals surface area contributed by atoms with E-state index in [1.165, 1.54) is 0 Å². The number of carbonyl (C=O) groups is 1. The summed E-state index contributed by atoms with van der Waals surface area (Å²) in [6, 6.07) is 5.79. The number of fused-ring (bicyclic) bond motifs is 1. The second-order valence-corrected chi connectivity index (χ2v) is 2.64. The van der Waals surface area contributed by atoms with E-state index in [9.17, 15) is 4.79 Å². The first-order valence-corrected chi connectivity index (χ1v) is 3.54. The lowest BCUT2D eigenvalue weighted by molar-refractivity contribution is -0.664. The number of hydrogen-bond acceptors (Lipinski definition) is 1. The Labute approximate surface area is 64.9 Å². The monoisotopic (exact) mass is 149 g/mol. The fourth-order valence-corrected chi connectivity index (χ4v) is 1.29. The molecule has 0 bridgehead atoms. The number of carbonyl (C=O) groups excluding carboxylic acids is 1. The summed E-state index contributed by atoms with van der Waals surface area (Å²) in [6.45, 7) is 0.479. The topological polar surface area (TPSA) is 24.2 Å².